The van der Waals surface area contributed by atoms with Crippen LogP contribution in [0.4, 0.5) is 0 Å². The summed E-state index contributed by atoms with van der Waals surface area (Å²) in [5.74, 6) is 0. The van der Waals surface area contributed by atoms with Crippen LogP contribution in [-0.4, -0.2) is 9.78 Å². The van der Waals surface area contributed by atoms with Crippen molar-refractivity contribution in [3.8, 4) is 0 Å². The monoisotopic (exact) mass is 150 g/mol. The Hall–Kier alpha value is -0.210. The summed E-state index contributed by atoms with van der Waals surface area (Å²) in [6.07, 6.45) is 1.72. The lowest BCUT2D eigenvalue weighted by Crippen LogP contribution is -1.90. The first kappa shape index (κ1) is 5.92. The number of hydrogen-bond acceptors (Lipinski definition) is 1. The Kier molecular flexibility index (Phi) is 1.76. The molecule has 0 N–H and O–H groups in total. The fourth-order valence-electron chi connectivity index (χ4n) is 0.403. The lowest BCUT2D eigenvalue weighted by Gasteiger charge is -1.86. The average Bonchev–Trinajstić information content (AvgIpc) is 2.14. The SMILES string of the molecule is ClCn1ccc(Cl)n1. The molecule has 1 rings (SSSR count). The highest BCUT2D eigenvalue weighted by atomic mass is 35.5. The van der Waals surface area contributed by atoms with E-state index in [-0.39, 0.29) is 0 Å². The summed E-state index contributed by atoms with van der Waals surface area (Å²) in [4.78, 5) is 0. The van der Waals surface area contributed by atoms with Crippen molar-refractivity contribution in [3.05, 3.63) is 17.4 Å². The van der Waals surface area contributed by atoms with Gasteiger partial charge < -0.3 is 0 Å². The van der Waals surface area contributed by atoms with Gasteiger partial charge in [0, 0.05) is 6.20 Å². The first-order chi connectivity index (χ1) is 3.83. The van der Waals surface area contributed by atoms with Crippen LogP contribution < -0.4 is 0 Å². The van der Waals surface area contributed by atoms with Crippen LogP contribution in [0.2, 0.25) is 5.15 Å². The van der Waals surface area contributed by atoms with Crippen LogP contribution in [0.3, 0.4) is 0 Å². The van der Waals surface area contributed by atoms with Crippen LogP contribution in [-0.2, 0) is 6.00 Å². The summed E-state index contributed by atoms with van der Waals surface area (Å²) in [6.45, 7) is 0. The van der Waals surface area contributed by atoms with Gasteiger partial charge in [-0.15, -0.1) is 11.6 Å². The van der Waals surface area contributed by atoms with E-state index in [0.717, 1.165) is 0 Å². The van der Waals surface area contributed by atoms with Gasteiger partial charge in [-0.1, -0.05) is 11.6 Å². The maximum absolute atomic E-state index is 5.45. The molecule has 0 bridgehead atoms. The van der Waals surface area contributed by atoms with Crippen molar-refractivity contribution in [3.63, 3.8) is 0 Å². The van der Waals surface area contributed by atoms with Gasteiger partial charge in [0.25, 0.3) is 0 Å². The summed E-state index contributed by atoms with van der Waals surface area (Å²) >= 11 is 10.8. The van der Waals surface area contributed by atoms with E-state index in [1.54, 1.807) is 16.9 Å². The zero-order valence-electron chi connectivity index (χ0n) is 4.01. The summed E-state index contributed by atoms with van der Waals surface area (Å²) in [5.41, 5.74) is 0. The number of hydrogen-bond donors (Lipinski definition) is 0. The predicted octanol–water partition coefficient (Wildman–Crippen LogP) is 1.73. The Morgan fingerprint density at radius 1 is 1.75 bits per heavy atom. The van der Waals surface area contributed by atoms with E-state index in [2.05, 4.69) is 5.10 Å². The van der Waals surface area contributed by atoms with E-state index in [1.807, 2.05) is 0 Å². The van der Waals surface area contributed by atoms with Gasteiger partial charge in [-0.3, -0.25) is 4.68 Å². The quantitative estimate of drug-likeness (QED) is 0.559. The van der Waals surface area contributed by atoms with Gasteiger partial charge in [0.1, 0.15) is 6.00 Å². The van der Waals surface area contributed by atoms with Crippen molar-refractivity contribution in [1.82, 2.24) is 9.78 Å². The number of rotatable bonds is 1. The van der Waals surface area contributed by atoms with Crippen LogP contribution in [0.15, 0.2) is 12.3 Å². The Balaban J connectivity index is 2.84. The minimum absolute atomic E-state index is 0.354. The molecule has 0 aliphatic rings. The minimum atomic E-state index is 0.354. The highest BCUT2D eigenvalue weighted by molar-refractivity contribution is 6.29. The molecule has 0 unspecified atom stereocenters. The molecule has 44 valence electrons. The maximum Gasteiger partial charge on any atom is 0.151 e. The normalized spacial score (nSPS) is 9.75. The van der Waals surface area contributed by atoms with Gasteiger partial charge in [0.2, 0.25) is 0 Å². The lowest BCUT2D eigenvalue weighted by atomic mass is 10.7. The third-order valence-corrected chi connectivity index (χ3v) is 1.18. The van der Waals surface area contributed by atoms with Crippen molar-refractivity contribution in [1.29, 1.82) is 0 Å². The highest BCUT2D eigenvalue weighted by Crippen LogP contribution is 2.02. The summed E-state index contributed by atoms with van der Waals surface area (Å²) in [5, 5.41) is 4.26. The van der Waals surface area contributed by atoms with Crippen LogP contribution in [0, 0.1) is 0 Å². The first-order valence-electron chi connectivity index (χ1n) is 2.08. The number of aromatic nitrogens is 2. The molecule has 0 saturated heterocycles. The first-order valence-corrected chi connectivity index (χ1v) is 2.99. The Morgan fingerprint density at radius 3 is 2.75 bits per heavy atom. The zero-order chi connectivity index (χ0) is 5.98. The van der Waals surface area contributed by atoms with E-state index >= 15 is 0 Å². The van der Waals surface area contributed by atoms with Crippen molar-refractivity contribution < 1.29 is 0 Å². The molecule has 0 atom stereocenters. The molecule has 0 radical (unpaired) electrons. The van der Waals surface area contributed by atoms with Crippen LogP contribution >= 0.6 is 23.2 Å². The van der Waals surface area contributed by atoms with Gasteiger partial charge >= 0.3 is 0 Å². The number of halogens is 2. The standard InChI is InChI=1S/C4H4Cl2N2/c5-3-8-2-1-4(6)7-8/h1-2H,3H2. The molecule has 0 fully saturated rings. The highest BCUT2D eigenvalue weighted by Gasteiger charge is 1.89. The minimum Gasteiger partial charge on any atom is -0.256 e. The number of nitrogens with zero attached hydrogens (tertiary/aromatic N) is 2. The van der Waals surface area contributed by atoms with Crippen LogP contribution in [0.25, 0.3) is 0 Å². The van der Waals surface area contributed by atoms with Crippen molar-refractivity contribution >= 4 is 23.2 Å². The molecular formula is C4H4Cl2N2. The average molecular weight is 151 g/mol. The van der Waals surface area contributed by atoms with E-state index in [1.165, 1.54) is 0 Å². The molecule has 8 heavy (non-hydrogen) atoms. The van der Waals surface area contributed by atoms with Crippen LogP contribution in [0.1, 0.15) is 0 Å². The van der Waals surface area contributed by atoms with Crippen LogP contribution in [0.5, 0.6) is 0 Å². The van der Waals surface area contributed by atoms with E-state index < -0.39 is 0 Å². The fourth-order valence-corrected chi connectivity index (χ4v) is 0.690. The molecule has 4 heteroatoms. The van der Waals surface area contributed by atoms with E-state index in [4.69, 9.17) is 23.2 Å². The molecule has 0 aromatic carbocycles. The Morgan fingerprint density at radius 2 is 2.50 bits per heavy atom. The third-order valence-electron chi connectivity index (χ3n) is 0.731. The van der Waals surface area contributed by atoms with Gasteiger partial charge in [-0.25, -0.2) is 0 Å². The second kappa shape index (κ2) is 2.37. The third kappa shape index (κ3) is 1.14. The summed E-state index contributed by atoms with van der Waals surface area (Å²) < 4.78 is 1.55. The van der Waals surface area contributed by atoms with Gasteiger partial charge in [0.05, 0.1) is 0 Å². The zero-order valence-corrected chi connectivity index (χ0v) is 5.52. The second-order valence-electron chi connectivity index (χ2n) is 1.30. The largest absolute Gasteiger partial charge is 0.256 e. The molecule has 1 aromatic heterocycles. The molecule has 1 heterocycles. The Bertz CT molecular complexity index is 172. The van der Waals surface area contributed by atoms with E-state index in [9.17, 15) is 0 Å². The van der Waals surface area contributed by atoms with E-state index in [0.29, 0.717) is 11.2 Å². The Labute approximate surface area is 57.0 Å². The molecule has 0 saturated carbocycles. The van der Waals surface area contributed by atoms with Crippen molar-refractivity contribution in [2.75, 3.05) is 0 Å². The molecule has 2 nitrogen and oxygen atoms in total. The smallest absolute Gasteiger partial charge is 0.151 e. The molecular weight excluding hydrogens is 147 g/mol. The molecule has 1 aromatic rings. The summed E-state index contributed by atoms with van der Waals surface area (Å²) in [6, 6.07) is 2.04. The lowest BCUT2D eigenvalue weighted by molar-refractivity contribution is 0.744. The maximum atomic E-state index is 5.45. The topological polar surface area (TPSA) is 17.8 Å². The molecule has 0 aliphatic carbocycles. The fraction of sp³-hybridized carbons (Fsp3) is 0.250. The summed E-state index contributed by atoms with van der Waals surface area (Å²) in [7, 11) is 0. The molecule has 0 aliphatic heterocycles. The molecule has 0 spiro atoms. The van der Waals surface area contributed by atoms with Crippen molar-refractivity contribution in [2.24, 2.45) is 0 Å². The van der Waals surface area contributed by atoms with Gasteiger partial charge in [-0.05, 0) is 6.07 Å². The molecule has 0 amide bonds. The van der Waals surface area contributed by atoms with Gasteiger partial charge in [0.15, 0.2) is 5.15 Å². The number of alkyl halides is 1. The van der Waals surface area contributed by atoms with Gasteiger partial charge in [-0.2, -0.15) is 5.10 Å². The van der Waals surface area contributed by atoms with Crippen molar-refractivity contribution in [2.45, 2.75) is 6.00 Å². The predicted molar refractivity (Wildman–Crippen MR) is 33.1 cm³/mol. The second-order valence-corrected chi connectivity index (χ2v) is 1.92.